The van der Waals surface area contributed by atoms with Gasteiger partial charge in [0.05, 0.1) is 17.7 Å². The minimum atomic E-state index is -0.569. The first kappa shape index (κ1) is 12.1. The molecule has 2 aromatic rings. The summed E-state index contributed by atoms with van der Waals surface area (Å²) in [5.41, 5.74) is 1.26. The van der Waals surface area contributed by atoms with Crippen LogP contribution in [0.1, 0.15) is 24.2 Å². The Labute approximate surface area is 105 Å². The van der Waals surface area contributed by atoms with Gasteiger partial charge in [-0.3, -0.25) is 0 Å². The molecule has 2 rings (SSSR count). The Morgan fingerprint density at radius 1 is 1.33 bits per heavy atom. The van der Waals surface area contributed by atoms with Gasteiger partial charge in [0.15, 0.2) is 0 Å². The van der Waals surface area contributed by atoms with Gasteiger partial charge >= 0.3 is 0 Å². The molecule has 1 atom stereocenters. The Hall–Kier alpha value is -2.38. The van der Waals surface area contributed by atoms with Crippen molar-refractivity contribution in [3.05, 3.63) is 53.7 Å². The maximum atomic E-state index is 9.47. The Morgan fingerprint density at radius 2 is 2.17 bits per heavy atom. The van der Waals surface area contributed by atoms with Crippen LogP contribution >= 0.6 is 0 Å². The Morgan fingerprint density at radius 3 is 2.89 bits per heavy atom. The van der Waals surface area contributed by atoms with E-state index in [0.29, 0.717) is 17.2 Å². The fourth-order valence-electron chi connectivity index (χ4n) is 1.49. The molecule has 1 N–H and O–H groups in total. The molecule has 0 saturated carbocycles. The molecule has 90 valence electrons. The topological polar surface area (TPSA) is 66.1 Å². The van der Waals surface area contributed by atoms with Gasteiger partial charge in [-0.1, -0.05) is 6.07 Å². The summed E-state index contributed by atoms with van der Waals surface area (Å²) in [5.74, 6) is 0.938. The van der Waals surface area contributed by atoms with Crippen molar-refractivity contribution in [3.8, 4) is 17.7 Å². The van der Waals surface area contributed by atoms with Gasteiger partial charge < -0.3 is 9.84 Å². The summed E-state index contributed by atoms with van der Waals surface area (Å²) in [7, 11) is 0. The lowest BCUT2D eigenvalue weighted by Gasteiger charge is -2.08. The van der Waals surface area contributed by atoms with Crippen molar-refractivity contribution in [1.29, 1.82) is 5.26 Å². The summed E-state index contributed by atoms with van der Waals surface area (Å²) in [4.78, 5) is 4.06. The van der Waals surface area contributed by atoms with Crippen molar-refractivity contribution in [3.63, 3.8) is 0 Å². The molecule has 1 heterocycles. The number of aliphatic hydroxyl groups excluding tert-OH is 1. The molecule has 0 saturated heterocycles. The van der Waals surface area contributed by atoms with Crippen LogP contribution in [-0.2, 0) is 0 Å². The molecule has 0 unspecified atom stereocenters. The summed E-state index contributed by atoms with van der Waals surface area (Å²) in [6.45, 7) is 1.68. The number of nitrogens with zero attached hydrogens (tertiary/aromatic N) is 2. The average molecular weight is 240 g/mol. The van der Waals surface area contributed by atoms with Crippen molar-refractivity contribution < 1.29 is 9.84 Å². The minimum Gasteiger partial charge on any atom is -0.439 e. The fraction of sp³-hybridized carbons (Fsp3) is 0.143. The van der Waals surface area contributed by atoms with Gasteiger partial charge in [-0.05, 0) is 36.8 Å². The van der Waals surface area contributed by atoms with Gasteiger partial charge in [-0.25, -0.2) is 4.98 Å². The van der Waals surface area contributed by atoms with E-state index in [1.54, 1.807) is 49.5 Å². The van der Waals surface area contributed by atoms with Crippen LogP contribution in [0.2, 0.25) is 0 Å². The molecule has 1 aromatic heterocycles. The second-order valence-corrected chi connectivity index (χ2v) is 3.85. The quantitative estimate of drug-likeness (QED) is 0.895. The number of hydrogen-bond donors (Lipinski definition) is 1. The third kappa shape index (κ3) is 2.84. The summed E-state index contributed by atoms with van der Waals surface area (Å²) >= 11 is 0. The fourth-order valence-corrected chi connectivity index (χ4v) is 1.49. The van der Waals surface area contributed by atoms with E-state index < -0.39 is 6.10 Å². The van der Waals surface area contributed by atoms with E-state index in [0.717, 1.165) is 5.56 Å². The first-order chi connectivity index (χ1) is 8.69. The highest BCUT2D eigenvalue weighted by molar-refractivity contribution is 5.38. The van der Waals surface area contributed by atoms with E-state index in [9.17, 15) is 5.11 Å². The SMILES string of the molecule is C[C@@H](O)c1ccnc(Oc2cccc(C#N)c2)c1. The van der Waals surface area contributed by atoms with Gasteiger partial charge in [-0.15, -0.1) is 0 Å². The third-order valence-electron chi connectivity index (χ3n) is 2.43. The number of rotatable bonds is 3. The maximum Gasteiger partial charge on any atom is 0.219 e. The second-order valence-electron chi connectivity index (χ2n) is 3.85. The minimum absolute atomic E-state index is 0.392. The highest BCUT2D eigenvalue weighted by Crippen LogP contribution is 2.22. The first-order valence-electron chi connectivity index (χ1n) is 5.51. The van der Waals surface area contributed by atoms with Gasteiger partial charge in [0.2, 0.25) is 5.88 Å². The second kappa shape index (κ2) is 5.30. The van der Waals surface area contributed by atoms with Crippen molar-refractivity contribution >= 4 is 0 Å². The number of hydrogen-bond acceptors (Lipinski definition) is 4. The summed E-state index contributed by atoms with van der Waals surface area (Å²) in [6.07, 6.45) is 1.01. The zero-order valence-electron chi connectivity index (χ0n) is 9.87. The van der Waals surface area contributed by atoms with Crippen LogP contribution in [0.5, 0.6) is 11.6 Å². The summed E-state index contributed by atoms with van der Waals surface area (Å²) in [6, 6.07) is 12.3. The maximum absolute atomic E-state index is 9.47. The molecule has 0 aliphatic carbocycles. The molecular weight excluding hydrogens is 228 g/mol. The van der Waals surface area contributed by atoms with Crippen LogP contribution in [-0.4, -0.2) is 10.1 Å². The van der Waals surface area contributed by atoms with E-state index in [-0.39, 0.29) is 0 Å². The lowest BCUT2D eigenvalue weighted by Crippen LogP contribution is -1.94. The van der Waals surface area contributed by atoms with Gasteiger partial charge in [0.1, 0.15) is 5.75 Å². The van der Waals surface area contributed by atoms with Crippen LogP contribution in [0.25, 0.3) is 0 Å². The Balaban J connectivity index is 2.23. The van der Waals surface area contributed by atoms with Crippen molar-refractivity contribution in [2.24, 2.45) is 0 Å². The average Bonchev–Trinajstić information content (AvgIpc) is 2.39. The number of nitriles is 1. The van der Waals surface area contributed by atoms with E-state index >= 15 is 0 Å². The zero-order chi connectivity index (χ0) is 13.0. The first-order valence-corrected chi connectivity index (χ1v) is 5.51. The lowest BCUT2D eigenvalue weighted by atomic mass is 10.2. The Bertz CT molecular complexity index is 588. The van der Waals surface area contributed by atoms with Crippen LogP contribution in [0, 0.1) is 11.3 Å². The number of benzene rings is 1. The standard InChI is InChI=1S/C14H12N2O2/c1-10(17)12-5-6-16-14(8-12)18-13-4-2-3-11(7-13)9-15/h2-8,10,17H,1H3/t10-/m1/s1. The van der Waals surface area contributed by atoms with E-state index in [1.165, 1.54) is 0 Å². The summed E-state index contributed by atoms with van der Waals surface area (Å²) in [5, 5.41) is 18.3. The lowest BCUT2D eigenvalue weighted by molar-refractivity contribution is 0.198. The molecule has 0 bridgehead atoms. The van der Waals surface area contributed by atoms with Crippen LogP contribution < -0.4 is 4.74 Å². The molecule has 1 aromatic carbocycles. The van der Waals surface area contributed by atoms with Gasteiger partial charge in [0, 0.05) is 12.3 Å². The third-order valence-corrected chi connectivity index (χ3v) is 2.43. The molecule has 4 heteroatoms. The van der Waals surface area contributed by atoms with Crippen LogP contribution in [0.4, 0.5) is 0 Å². The molecule has 0 radical (unpaired) electrons. The highest BCUT2D eigenvalue weighted by atomic mass is 16.5. The molecule has 0 fully saturated rings. The van der Waals surface area contributed by atoms with Crippen LogP contribution in [0.3, 0.4) is 0 Å². The van der Waals surface area contributed by atoms with Crippen molar-refractivity contribution in [2.45, 2.75) is 13.0 Å². The van der Waals surface area contributed by atoms with E-state index in [4.69, 9.17) is 10.00 Å². The molecular formula is C14H12N2O2. The largest absolute Gasteiger partial charge is 0.439 e. The Kier molecular flexibility index (Phi) is 3.56. The number of pyridine rings is 1. The molecule has 0 aliphatic heterocycles. The molecule has 0 amide bonds. The van der Waals surface area contributed by atoms with E-state index in [2.05, 4.69) is 4.98 Å². The van der Waals surface area contributed by atoms with Crippen molar-refractivity contribution in [1.82, 2.24) is 4.98 Å². The van der Waals surface area contributed by atoms with Gasteiger partial charge in [0.25, 0.3) is 0 Å². The van der Waals surface area contributed by atoms with Crippen LogP contribution in [0.15, 0.2) is 42.6 Å². The molecule has 4 nitrogen and oxygen atoms in total. The summed E-state index contributed by atoms with van der Waals surface area (Å²) < 4.78 is 5.54. The smallest absolute Gasteiger partial charge is 0.219 e. The number of aromatic nitrogens is 1. The molecule has 18 heavy (non-hydrogen) atoms. The number of ether oxygens (including phenoxy) is 1. The number of aliphatic hydroxyl groups is 1. The molecule has 0 spiro atoms. The van der Waals surface area contributed by atoms with E-state index in [1.807, 2.05) is 6.07 Å². The van der Waals surface area contributed by atoms with Crippen molar-refractivity contribution in [2.75, 3.05) is 0 Å². The monoisotopic (exact) mass is 240 g/mol. The zero-order valence-corrected chi connectivity index (χ0v) is 9.87. The predicted octanol–water partition coefficient (Wildman–Crippen LogP) is 2.80. The van der Waals surface area contributed by atoms with Gasteiger partial charge in [-0.2, -0.15) is 5.26 Å². The molecule has 0 aliphatic rings. The normalized spacial score (nSPS) is 11.6. The highest BCUT2D eigenvalue weighted by Gasteiger charge is 2.04. The predicted molar refractivity (Wildman–Crippen MR) is 66.1 cm³/mol.